The molecule has 0 unspecified atom stereocenters. The monoisotopic (exact) mass is 415 g/mol. The van der Waals surface area contributed by atoms with Gasteiger partial charge in [0.15, 0.2) is 0 Å². The molecule has 6 heteroatoms. The third-order valence-corrected chi connectivity index (χ3v) is 5.61. The number of halogens is 1. The Hall–Kier alpha value is -2.50. The Morgan fingerprint density at radius 3 is 2.52 bits per heavy atom. The van der Waals surface area contributed by atoms with Crippen molar-refractivity contribution in [2.75, 3.05) is 34.0 Å². The molecule has 0 bridgehead atoms. The first-order valence-corrected chi connectivity index (χ1v) is 9.96. The smallest absolute Gasteiger partial charge is 0.244 e. The maximum atomic E-state index is 12.5. The Bertz CT molecular complexity index is 858. The van der Waals surface area contributed by atoms with Gasteiger partial charge in [0.25, 0.3) is 0 Å². The molecule has 1 N–H and O–H groups in total. The van der Waals surface area contributed by atoms with Gasteiger partial charge in [0.1, 0.15) is 11.5 Å². The van der Waals surface area contributed by atoms with Crippen LogP contribution >= 0.6 is 11.6 Å². The van der Waals surface area contributed by atoms with E-state index in [1.807, 2.05) is 42.5 Å². The van der Waals surface area contributed by atoms with Gasteiger partial charge in [0.2, 0.25) is 5.91 Å². The minimum absolute atomic E-state index is 0.153. The number of carbonyl (C=O) groups is 1. The van der Waals surface area contributed by atoms with E-state index in [4.69, 9.17) is 25.8 Å². The molecule has 1 aliphatic heterocycles. The lowest BCUT2D eigenvalue weighted by Crippen LogP contribution is -2.44. The first kappa shape index (κ1) is 21.2. The number of hydrogen-bond acceptors (Lipinski definition) is 4. The zero-order valence-electron chi connectivity index (χ0n) is 16.7. The summed E-state index contributed by atoms with van der Waals surface area (Å²) >= 11 is 6.05. The van der Waals surface area contributed by atoms with Crippen molar-refractivity contribution < 1.29 is 19.0 Å². The third kappa shape index (κ3) is 5.31. The topological polar surface area (TPSA) is 56.8 Å². The summed E-state index contributed by atoms with van der Waals surface area (Å²) in [5.41, 5.74) is 1.80. The number of ether oxygens (including phenoxy) is 3. The molecule has 1 heterocycles. The van der Waals surface area contributed by atoms with Gasteiger partial charge in [-0.05, 0) is 54.8 Å². The second-order valence-corrected chi connectivity index (χ2v) is 7.50. The second-order valence-electron chi connectivity index (χ2n) is 7.06. The maximum Gasteiger partial charge on any atom is 0.244 e. The zero-order valence-corrected chi connectivity index (χ0v) is 17.5. The summed E-state index contributed by atoms with van der Waals surface area (Å²) in [5.74, 6) is 1.22. The quantitative estimate of drug-likeness (QED) is 0.687. The highest BCUT2D eigenvalue weighted by molar-refractivity contribution is 6.30. The van der Waals surface area contributed by atoms with E-state index in [1.54, 1.807) is 20.3 Å². The number of amides is 1. The van der Waals surface area contributed by atoms with E-state index < -0.39 is 0 Å². The van der Waals surface area contributed by atoms with Crippen LogP contribution in [0.15, 0.2) is 48.5 Å². The number of nitrogens with one attached hydrogen (secondary N) is 1. The molecule has 2 aromatic rings. The van der Waals surface area contributed by atoms with Crippen LogP contribution in [0.2, 0.25) is 5.02 Å². The molecule has 3 rings (SSSR count). The molecule has 0 radical (unpaired) electrons. The van der Waals surface area contributed by atoms with Crippen LogP contribution in [0.4, 0.5) is 0 Å². The fourth-order valence-electron chi connectivity index (χ4n) is 3.58. The predicted octanol–water partition coefficient (Wildman–Crippen LogP) is 4.24. The van der Waals surface area contributed by atoms with E-state index in [-0.39, 0.29) is 11.3 Å². The fourth-order valence-corrected chi connectivity index (χ4v) is 3.71. The fraction of sp³-hybridized carbons (Fsp3) is 0.348. The number of methoxy groups -OCH3 is 2. The van der Waals surface area contributed by atoms with Gasteiger partial charge in [-0.3, -0.25) is 4.79 Å². The number of benzene rings is 2. The highest BCUT2D eigenvalue weighted by Crippen LogP contribution is 2.35. The average Bonchev–Trinajstić information content (AvgIpc) is 2.77. The molecule has 1 fully saturated rings. The van der Waals surface area contributed by atoms with Crippen molar-refractivity contribution >= 4 is 23.6 Å². The van der Waals surface area contributed by atoms with Crippen LogP contribution < -0.4 is 14.8 Å². The van der Waals surface area contributed by atoms with Crippen LogP contribution in [0.5, 0.6) is 11.5 Å². The average molecular weight is 416 g/mol. The van der Waals surface area contributed by atoms with Crippen molar-refractivity contribution in [3.63, 3.8) is 0 Å². The minimum Gasteiger partial charge on any atom is -0.497 e. The summed E-state index contributed by atoms with van der Waals surface area (Å²) in [6.45, 7) is 1.89. The summed E-state index contributed by atoms with van der Waals surface area (Å²) in [6, 6.07) is 13.3. The lowest BCUT2D eigenvalue weighted by molar-refractivity contribution is -0.116. The summed E-state index contributed by atoms with van der Waals surface area (Å²) in [6.07, 6.45) is 4.95. The molecule has 0 spiro atoms. The third-order valence-electron chi connectivity index (χ3n) is 5.36. The van der Waals surface area contributed by atoms with Crippen molar-refractivity contribution in [1.82, 2.24) is 5.32 Å². The van der Waals surface area contributed by atoms with Crippen molar-refractivity contribution in [2.24, 2.45) is 0 Å². The first-order valence-electron chi connectivity index (χ1n) is 9.58. The molecule has 29 heavy (non-hydrogen) atoms. The summed E-state index contributed by atoms with van der Waals surface area (Å²) in [7, 11) is 3.20. The number of carbonyl (C=O) groups excluding carboxylic acids is 1. The molecular weight excluding hydrogens is 390 g/mol. The number of rotatable bonds is 7. The highest BCUT2D eigenvalue weighted by Gasteiger charge is 2.34. The van der Waals surface area contributed by atoms with Gasteiger partial charge >= 0.3 is 0 Å². The van der Waals surface area contributed by atoms with Crippen LogP contribution in [0.3, 0.4) is 0 Å². The Morgan fingerprint density at radius 1 is 1.14 bits per heavy atom. The molecule has 1 aliphatic rings. The molecule has 0 saturated carbocycles. The van der Waals surface area contributed by atoms with E-state index in [0.29, 0.717) is 36.3 Å². The largest absolute Gasteiger partial charge is 0.497 e. The molecule has 1 saturated heterocycles. The van der Waals surface area contributed by atoms with Gasteiger partial charge in [-0.1, -0.05) is 23.7 Å². The van der Waals surface area contributed by atoms with Crippen LogP contribution in [0.1, 0.15) is 24.0 Å². The molecule has 5 nitrogen and oxygen atoms in total. The molecule has 1 amide bonds. The number of hydrogen-bond donors (Lipinski definition) is 1. The van der Waals surface area contributed by atoms with Crippen molar-refractivity contribution in [2.45, 2.75) is 18.3 Å². The predicted molar refractivity (Wildman–Crippen MR) is 115 cm³/mol. The van der Waals surface area contributed by atoms with Gasteiger partial charge in [-0.15, -0.1) is 0 Å². The molecule has 0 atom stereocenters. The minimum atomic E-state index is -0.158. The van der Waals surface area contributed by atoms with Gasteiger partial charge in [-0.2, -0.15) is 0 Å². The van der Waals surface area contributed by atoms with Gasteiger partial charge in [0, 0.05) is 41.8 Å². The van der Waals surface area contributed by atoms with E-state index in [0.717, 1.165) is 18.4 Å². The Morgan fingerprint density at radius 2 is 1.86 bits per heavy atom. The maximum absolute atomic E-state index is 12.5. The lowest BCUT2D eigenvalue weighted by Gasteiger charge is -2.38. The van der Waals surface area contributed by atoms with Crippen molar-refractivity contribution in [3.05, 3.63) is 64.7 Å². The Labute approximate surface area is 176 Å². The second kappa shape index (κ2) is 9.81. The highest BCUT2D eigenvalue weighted by atomic mass is 35.5. The molecule has 0 aromatic heterocycles. The van der Waals surface area contributed by atoms with E-state index in [2.05, 4.69) is 5.32 Å². The summed E-state index contributed by atoms with van der Waals surface area (Å²) in [5, 5.41) is 3.76. The van der Waals surface area contributed by atoms with Gasteiger partial charge in [-0.25, -0.2) is 0 Å². The first-order chi connectivity index (χ1) is 14.1. The van der Waals surface area contributed by atoms with Crippen LogP contribution in [0.25, 0.3) is 6.08 Å². The summed E-state index contributed by atoms with van der Waals surface area (Å²) < 4.78 is 16.2. The standard InChI is InChI=1S/C23H26ClNO4/c1-27-20-8-9-21(28-2)17(15-20)3-10-22(26)25-16-23(11-13-29-14-12-23)18-4-6-19(24)7-5-18/h3-10,15H,11-14,16H2,1-2H3,(H,25,26). The molecule has 154 valence electrons. The Balaban J connectivity index is 1.71. The van der Waals surface area contributed by atoms with Crippen LogP contribution in [0, 0.1) is 0 Å². The van der Waals surface area contributed by atoms with Crippen LogP contribution in [-0.4, -0.2) is 39.9 Å². The molecule has 0 aliphatic carbocycles. The molecule has 2 aromatic carbocycles. The SMILES string of the molecule is COc1ccc(OC)c(C=CC(=O)NCC2(c3ccc(Cl)cc3)CCOCC2)c1. The van der Waals surface area contributed by atoms with E-state index >= 15 is 0 Å². The van der Waals surface area contributed by atoms with E-state index in [9.17, 15) is 4.79 Å². The van der Waals surface area contributed by atoms with E-state index in [1.165, 1.54) is 11.6 Å². The molecular formula is C23H26ClNO4. The Kier molecular flexibility index (Phi) is 7.18. The zero-order chi connectivity index (χ0) is 20.7. The summed E-state index contributed by atoms with van der Waals surface area (Å²) in [4.78, 5) is 12.5. The van der Waals surface area contributed by atoms with Crippen molar-refractivity contribution in [3.8, 4) is 11.5 Å². The lowest BCUT2D eigenvalue weighted by atomic mass is 9.74. The van der Waals surface area contributed by atoms with Crippen LogP contribution in [-0.2, 0) is 14.9 Å². The normalized spacial score (nSPS) is 15.8. The van der Waals surface area contributed by atoms with Gasteiger partial charge in [0.05, 0.1) is 14.2 Å². The van der Waals surface area contributed by atoms with Gasteiger partial charge < -0.3 is 19.5 Å². The van der Waals surface area contributed by atoms with Crippen molar-refractivity contribution in [1.29, 1.82) is 0 Å².